The van der Waals surface area contributed by atoms with Gasteiger partial charge in [0.1, 0.15) is 12.1 Å². The SMILES string of the molecule is CCOC(CN(C(=O)C(Cc1cccnc1)NC(=O)C(CN)NC(=O)O)C1CC1)OCC. The summed E-state index contributed by atoms with van der Waals surface area (Å²) in [5.74, 6) is -0.959. The quantitative estimate of drug-likeness (QED) is 0.290. The number of carbonyl (C=O) groups is 3. The van der Waals surface area contributed by atoms with Crippen LogP contribution in [-0.2, 0) is 25.5 Å². The van der Waals surface area contributed by atoms with Crippen molar-refractivity contribution in [3.8, 4) is 0 Å². The second-order valence-electron chi connectivity index (χ2n) is 7.43. The van der Waals surface area contributed by atoms with E-state index in [0.29, 0.717) is 13.2 Å². The van der Waals surface area contributed by atoms with E-state index in [1.54, 1.807) is 29.4 Å². The number of nitrogens with zero attached hydrogens (tertiary/aromatic N) is 2. The van der Waals surface area contributed by atoms with Crippen LogP contribution in [0.2, 0.25) is 0 Å². The third kappa shape index (κ3) is 8.06. The fraction of sp³-hybridized carbons (Fsp3) is 0.619. The minimum atomic E-state index is -1.37. The van der Waals surface area contributed by atoms with Crippen molar-refractivity contribution in [3.63, 3.8) is 0 Å². The fourth-order valence-electron chi connectivity index (χ4n) is 3.30. The van der Waals surface area contributed by atoms with Gasteiger partial charge < -0.3 is 35.8 Å². The third-order valence-corrected chi connectivity index (χ3v) is 4.95. The molecule has 0 spiro atoms. The first kappa shape index (κ1) is 25.5. The standard InChI is InChI=1S/C21H33N5O6/c1-3-31-18(32-4-2)13-26(15-7-8-15)20(28)16(10-14-6-5-9-23-12-14)24-19(27)17(11-22)25-21(29)30/h5-6,9,12,15-18,25H,3-4,7-8,10-11,13,22H2,1-2H3,(H,24,27)(H,29,30). The summed E-state index contributed by atoms with van der Waals surface area (Å²) >= 11 is 0. The van der Waals surface area contributed by atoms with Crippen molar-refractivity contribution in [2.24, 2.45) is 5.73 Å². The van der Waals surface area contributed by atoms with Crippen LogP contribution >= 0.6 is 0 Å². The number of hydrogen-bond acceptors (Lipinski definition) is 7. The highest BCUT2D eigenvalue weighted by atomic mass is 16.7. The Morgan fingerprint density at radius 3 is 2.41 bits per heavy atom. The number of nitrogens with two attached hydrogens (primary N) is 1. The highest BCUT2D eigenvalue weighted by Gasteiger charge is 2.38. The number of carboxylic acid groups (broad SMARTS) is 1. The topological polar surface area (TPSA) is 156 Å². The molecular formula is C21H33N5O6. The van der Waals surface area contributed by atoms with Crippen LogP contribution in [0.4, 0.5) is 4.79 Å². The molecule has 1 aliphatic rings. The van der Waals surface area contributed by atoms with Gasteiger partial charge in [0.05, 0.1) is 6.54 Å². The molecule has 0 aliphatic heterocycles. The molecule has 1 fully saturated rings. The number of nitrogens with one attached hydrogen (secondary N) is 2. The van der Waals surface area contributed by atoms with E-state index >= 15 is 0 Å². The lowest BCUT2D eigenvalue weighted by Gasteiger charge is -2.31. The molecule has 5 N–H and O–H groups in total. The molecule has 178 valence electrons. The summed E-state index contributed by atoms with van der Waals surface area (Å²) in [6, 6.07) is 1.49. The molecule has 1 aliphatic carbocycles. The Morgan fingerprint density at radius 1 is 1.22 bits per heavy atom. The molecular weight excluding hydrogens is 418 g/mol. The molecule has 0 radical (unpaired) electrons. The molecule has 1 heterocycles. The van der Waals surface area contributed by atoms with Crippen LogP contribution < -0.4 is 16.4 Å². The number of hydrogen-bond donors (Lipinski definition) is 4. The first-order chi connectivity index (χ1) is 15.4. The number of ether oxygens (including phenoxy) is 2. The Morgan fingerprint density at radius 2 is 1.91 bits per heavy atom. The molecule has 0 saturated heterocycles. The molecule has 1 aromatic rings. The van der Waals surface area contributed by atoms with Crippen LogP contribution in [0.5, 0.6) is 0 Å². The van der Waals surface area contributed by atoms with Crippen LogP contribution in [0.1, 0.15) is 32.3 Å². The smallest absolute Gasteiger partial charge is 0.405 e. The zero-order valence-corrected chi connectivity index (χ0v) is 18.5. The van der Waals surface area contributed by atoms with Gasteiger partial charge in [0.2, 0.25) is 11.8 Å². The minimum Gasteiger partial charge on any atom is -0.465 e. The van der Waals surface area contributed by atoms with Crippen LogP contribution in [0, 0.1) is 0 Å². The molecule has 0 aromatic carbocycles. The Labute approximate surface area is 187 Å². The molecule has 3 amide bonds. The molecule has 1 saturated carbocycles. The van der Waals surface area contributed by atoms with Gasteiger partial charge >= 0.3 is 6.09 Å². The lowest BCUT2D eigenvalue weighted by molar-refractivity contribution is -0.161. The van der Waals surface area contributed by atoms with E-state index in [0.717, 1.165) is 18.4 Å². The summed E-state index contributed by atoms with van der Waals surface area (Å²) in [7, 11) is 0. The monoisotopic (exact) mass is 451 g/mol. The largest absolute Gasteiger partial charge is 0.465 e. The fourth-order valence-corrected chi connectivity index (χ4v) is 3.30. The number of carbonyl (C=O) groups excluding carboxylic acids is 2. The van der Waals surface area contributed by atoms with Crippen molar-refractivity contribution in [3.05, 3.63) is 30.1 Å². The zero-order valence-electron chi connectivity index (χ0n) is 18.5. The average Bonchev–Trinajstić information content (AvgIpc) is 3.61. The summed E-state index contributed by atoms with van der Waals surface area (Å²) in [4.78, 5) is 43.0. The van der Waals surface area contributed by atoms with Crippen LogP contribution in [0.15, 0.2) is 24.5 Å². The summed E-state index contributed by atoms with van der Waals surface area (Å²) in [6.07, 6.45) is 3.20. The maximum absolute atomic E-state index is 13.6. The third-order valence-electron chi connectivity index (χ3n) is 4.95. The Hall–Kier alpha value is -2.76. The van der Waals surface area contributed by atoms with E-state index in [1.807, 2.05) is 13.8 Å². The summed E-state index contributed by atoms with van der Waals surface area (Å²) in [5, 5.41) is 13.7. The maximum Gasteiger partial charge on any atom is 0.405 e. The van der Waals surface area contributed by atoms with Crippen LogP contribution in [0.3, 0.4) is 0 Å². The summed E-state index contributed by atoms with van der Waals surface area (Å²) < 4.78 is 11.2. The van der Waals surface area contributed by atoms with Crippen molar-refractivity contribution in [1.29, 1.82) is 0 Å². The Kier molecular flexibility index (Phi) is 10.3. The minimum absolute atomic E-state index is 0.0432. The highest BCUT2D eigenvalue weighted by Crippen LogP contribution is 2.28. The van der Waals surface area contributed by atoms with Crippen molar-refractivity contribution in [2.75, 3.05) is 26.3 Å². The molecule has 0 bridgehead atoms. The van der Waals surface area contributed by atoms with Crippen molar-refractivity contribution in [1.82, 2.24) is 20.5 Å². The Bertz CT molecular complexity index is 739. The molecule has 2 unspecified atom stereocenters. The van der Waals surface area contributed by atoms with Crippen molar-refractivity contribution < 1.29 is 29.0 Å². The predicted molar refractivity (Wildman–Crippen MR) is 116 cm³/mol. The first-order valence-electron chi connectivity index (χ1n) is 10.8. The van der Waals surface area contributed by atoms with Crippen LogP contribution in [0.25, 0.3) is 0 Å². The van der Waals surface area contributed by atoms with Gasteiger partial charge in [-0.3, -0.25) is 14.6 Å². The average molecular weight is 452 g/mol. The second kappa shape index (κ2) is 12.9. The lowest BCUT2D eigenvalue weighted by atomic mass is 10.1. The van der Waals surface area contributed by atoms with Gasteiger partial charge in [0.15, 0.2) is 6.29 Å². The van der Waals surface area contributed by atoms with Crippen molar-refractivity contribution in [2.45, 2.75) is 57.5 Å². The Balaban J connectivity index is 2.22. The van der Waals surface area contributed by atoms with E-state index in [2.05, 4.69) is 15.6 Å². The molecule has 2 rings (SSSR count). The van der Waals surface area contributed by atoms with E-state index in [9.17, 15) is 14.4 Å². The molecule has 1 aromatic heterocycles. The maximum atomic E-state index is 13.6. The molecule has 32 heavy (non-hydrogen) atoms. The number of rotatable bonds is 14. The van der Waals surface area contributed by atoms with Crippen molar-refractivity contribution >= 4 is 17.9 Å². The van der Waals surface area contributed by atoms with Gasteiger partial charge in [-0.25, -0.2) is 4.79 Å². The van der Waals surface area contributed by atoms with Gasteiger partial charge in [-0.15, -0.1) is 0 Å². The van der Waals surface area contributed by atoms with E-state index in [4.69, 9.17) is 20.3 Å². The molecule has 11 heteroatoms. The van der Waals surface area contributed by atoms with Gasteiger partial charge in [0, 0.05) is 44.6 Å². The van der Waals surface area contributed by atoms with E-state index in [-0.39, 0.29) is 31.5 Å². The number of amides is 3. The lowest BCUT2D eigenvalue weighted by Crippen LogP contribution is -2.57. The summed E-state index contributed by atoms with van der Waals surface area (Å²) in [6.45, 7) is 4.57. The van der Waals surface area contributed by atoms with Gasteiger partial charge in [-0.2, -0.15) is 0 Å². The number of aromatic nitrogens is 1. The molecule has 2 atom stereocenters. The second-order valence-corrected chi connectivity index (χ2v) is 7.43. The van der Waals surface area contributed by atoms with Gasteiger partial charge in [-0.05, 0) is 38.3 Å². The first-order valence-corrected chi connectivity index (χ1v) is 10.8. The summed E-state index contributed by atoms with van der Waals surface area (Å²) in [5.41, 5.74) is 6.31. The number of pyridine rings is 1. The highest BCUT2D eigenvalue weighted by molar-refractivity contribution is 5.91. The molecule has 11 nitrogen and oxygen atoms in total. The predicted octanol–water partition coefficient (Wildman–Crippen LogP) is 0.0939. The normalized spacial score (nSPS) is 15.1. The van der Waals surface area contributed by atoms with E-state index < -0.39 is 30.4 Å². The zero-order chi connectivity index (χ0) is 23.5. The van der Waals surface area contributed by atoms with Crippen LogP contribution in [-0.4, -0.2) is 83.6 Å². The van der Waals surface area contributed by atoms with Gasteiger partial charge in [-0.1, -0.05) is 6.07 Å². The van der Waals surface area contributed by atoms with Gasteiger partial charge in [0.25, 0.3) is 0 Å². The van der Waals surface area contributed by atoms with E-state index in [1.165, 1.54) is 0 Å².